The molecule has 2 heterocycles. The third-order valence-corrected chi connectivity index (χ3v) is 4.62. The number of fused-ring (bicyclic) bond motifs is 1. The second-order valence-corrected chi connectivity index (χ2v) is 6.28. The van der Waals surface area contributed by atoms with Crippen LogP contribution in [-0.2, 0) is 4.79 Å². The van der Waals surface area contributed by atoms with Crippen molar-refractivity contribution in [2.24, 2.45) is 0 Å². The minimum absolute atomic E-state index is 0.0497. The van der Waals surface area contributed by atoms with Crippen LogP contribution in [0.3, 0.4) is 0 Å². The first-order valence-electron chi connectivity index (χ1n) is 7.31. The molecule has 0 aliphatic rings. The number of rotatable bonds is 4. The fourth-order valence-electron chi connectivity index (χ4n) is 2.46. The Labute approximate surface area is 139 Å². The van der Waals surface area contributed by atoms with E-state index in [1.54, 1.807) is 24.7 Å². The van der Waals surface area contributed by atoms with Gasteiger partial charge in [0.05, 0.1) is 11.9 Å². The molecule has 2 aromatic heterocycles. The van der Waals surface area contributed by atoms with E-state index in [-0.39, 0.29) is 12.5 Å². The van der Waals surface area contributed by atoms with E-state index < -0.39 is 0 Å². The number of benzene rings is 1. The van der Waals surface area contributed by atoms with Gasteiger partial charge in [0.1, 0.15) is 17.0 Å². The predicted molar refractivity (Wildman–Crippen MR) is 94.9 cm³/mol. The van der Waals surface area contributed by atoms with Crippen molar-refractivity contribution in [1.82, 2.24) is 15.3 Å². The van der Waals surface area contributed by atoms with Gasteiger partial charge >= 0.3 is 0 Å². The van der Waals surface area contributed by atoms with Crippen LogP contribution in [-0.4, -0.2) is 36.5 Å². The number of carbonyl (C=O) groups is 1. The molecule has 0 aliphatic carbocycles. The molecular formula is C17H18N4OS. The van der Waals surface area contributed by atoms with Crippen molar-refractivity contribution in [3.8, 4) is 11.1 Å². The summed E-state index contributed by atoms with van der Waals surface area (Å²) in [5, 5.41) is 5.73. The van der Waals surface area contributed by atoms with Crippen LogP contribution < -0.4 is 10.2 Å². The largest absolute Gasteiger partial charge is 0.358 e. The lowest BCUT2D eigenvalue weighted by atomic mass is 10.0. The summed E-state index contributed by atoms with van der Waals surface area (Å²) in [4.78, 5) is 23.2. The number of amides is 1. The Morgan fingerprint density at radius 3 is 2.70 bits per heavy atom. The van der Waals surface area contributed by atoms with Crippen molar-refractivity contribution in [3.63, 3.8) is 0 Å². The van der Waals surface area contributed by atoms with Gasteiger partial charge in [0, 0.05) is 25.0 Å². The molecule has 0 spiro atoms. The van der Waals surface area contributed by atoms with E-state index in [0.29, 0.717) is 0 Å². The Morgan fingerprint density at radius 2 is 2.00 bits per heavy atom. The number of nitrogens with zero attached hydrogens (tertiary/aromatic N) is 3. The quantitative estimate of drug-likeness (QED) is 0.801. The molecule has 0 fully saturated rings. The first-order chi connectivity index (χ1) is 11.1. The molecule has 3 aromatic rings. The smallest absolute Gasteiger partial charge is 0.239 e. The highest BCUT2D eigenvalue weighted by Gasteiger charge is 2.17. The fraction of sp³-hybridized carbons (Fsp3) is 0.235. The minimum Gasteiger partial charge on any atom is -0.358 e. The topological polar surface area (TPSA) is 58.1 Å². The summed E-state index contributed by atoms with van der Waals surface area (Å²) in [6, 6.07) is 8.39. The van der Waals surface area contributed by atoms with Crippen molar-refractivity contribution in [1.29, 1.82) is 0 Å². The summed E-state index contributed by atoms with van der Waals surface area (Å²) in [5.41, 5.74) is 3.46. The third-order valence-electron chi connectivity index (χ3n) is 3.73. The molecule has 0 unspecified atom stereocenters. The van der Waals surface area contributed by atoms with Crippen molar-refractivity contribution in [2.75, 3.05) is 25.5 Å². The maximum atomic E-state index is 11.7. The number of aryl methyl sites for hydroxylation is 1. The molecule has 1 aromatic carbocycles. The van der Waals surface area contributed by atoms with E-state index in [9.17, 15) is 4.79 Å². The summed E-state index contributed by atoms with van der Waals surface area (Å²) in [6.07, 6.45) is 1.55. The highest BCUT2D eigenvalue weighted by atomic mass is 32.1. The van der Waals surface area contributed by atoms with Crippen molar-refractivity contribution in [2.45, 2.75) is 6.92 Å². The van der Waals surface area contributed by atoms with E-state index in [0.717, 1.165) is 27.2 Å². The van der Waals surface area contributed by atoms with E-state index in [2.05, 4.69) is 51.9 Å². The van der Waals surface area contributed by atoms with Crippen molar-refractivity contribution >= 4 is 33.3 Å². The number of aromatic nitrogens is 2. The van der Waals surface area contributed by atoms with E-state index in [1.165, 1.54) is 5.56 Å². The molecule has 0 saturated carbocycles. The maximum Gasteiger partial charge on any atom is 0.239 e. The van der Waals surface area contributed by atoms with E-state index in [4.69, 9.17) is 0 Å². The summed E-state index contributed by atoms with van der Waals surface area (Å²) < 4.78 is 0. The average Bonchev–Trinajstić information content (AvgIpc) is 2.99. The van der Waals surface area contributed by atoms with E-state index >= 15 is 0 Å². The Balaban J connectivity index is 2.10. The zero-order valence-electron chi connectivity index (χ0n) is 13.3. The lowest BCUT2D eigenvalue weighted by Gasteiger charge is -2.18. The van der Waals surface area contributed by atoms with Crippen LogP contribution in [0, 0.1) is 6.92 Å². The number of carbonyl (C=O) groups excluding carboxylic acids is 1. The van der Waals surface area contributed by atoms with Crippen LogP contribution in [0.15, 0.2) is 36.0 Å². The second-order valence-electron chi connectivity index (χ2n) is 5.42. The van der Waals surface area contributed by atoms with Gasteiger partial charge in [0.25, 0.3) is 0 Å². The van der Waals surface area contributed by atoms with Crippen LogP contribution in [0.5, 0.6) is 0 Å². The summed E-state index contributed by atoms with van der Waals surface area (Å²) in [5.74, 6) is 0.724. The van der Waals surface area contributed by atoms with Gasteiger partial charge < -0.3 is 10.2 Å². The van der Waals surface area contributed by atoms with Crippen LogP contribution in [0.25, 0.3) is 21.3 Å². The van der Waals surface area contributed by atoms with Crippen LogP contribution >= 0.6 is 11.3 Å². The van der Waals surface area contributed by atoms with Gasteiger partial charge in [-0.25, -0.2) is 9.97 Å². The molecule has 0 radical (unpaired) electrons. The molecule has 3 rings (SSSR count). The lowest BCUT2D eigenvalue weighted by Crippen LogP contribution is -2.33. The first-order valence-corrected chi connectivity index (χ1v) is 8.19. The van der Waals surface area contributed by atoms with Gasteiger partial charge in [0.2, 0.25) is 5.91 Å². The molecule has 6 heteroatoms. The fourth-order valence-corrected chi connectivity index (χ4v) is 3.37. The maximum absolute atomic E-state index is 11.7. The Hall–Kier alpha value is -2.47. The van der Waals surface area contributed by atoms with Crippen LogP contribution in [0.1, 0.15) is 5.56 Å². The van der Waals surface area contributed by atoms with Crippen LogP contribution in [0.4, 0.5) is 5.82 Å². The van der Waals surface area contributed by atoms with E-state index in [1.807, 2.05) is 11.9 Å². The molecule has 0 saturated heterocycles. The molecule has 1 N–H and O–H groups in total. The predicted octanol–water partition coefficient (Wildman–Crippen LogP) is 2.85. The molecule has 1 amide bonds. The molecule has 0 bridgehead atoms. The number of likely N-dealkylation sites (N-methyl/N-ethyl adjacent to an activating group) is 2. The van der Waals surface area contributed by atoms with Gasteiger partial charge in [-0.1, -0.05) is 29.8 Å². The SMILES string of the molecule is CNC(=O)CN(C)c1ncnc2scc(-c3ccc(C)cc3)c12. The molecule has 23 heavy (non-hydrogen) atoms. The molecule has 118 valence electrons. The van der Waals surface area contributed by atoms with Gasteiger partial charge in [-0.3, -0.25) is 4.79 Å². The van der Waals surface area contributed by atoms with Gasteiger partial charge in [-0.2, -0.15) is 0 Å². The normalized spacial score (nSPS) is 10.7. The Morgan fingerprint density at radius 1 is 1.26 bits per heavy atom. The van der Waals surface area contributed by atoms with Gasteiger partial charge in [-0.05, 0) is 12.5 Å². The Bertz CT molecular complexity index is 841. The number of nitrogens with one attached hydrogen (secondary N) is 1. The van der Waals surface area contributed by atoms with Gasteiger partial charge in [-0.15, -0.1) is 11.3 Å². The number of hydrogen-bond acceptors (Lipinski definition) is 5. The number of anilines is 1. The van der Waals surface area contributed by atoms with Crippen molar-refractivity contribution in [3.05, 3.63) is 41.5 Å². The summed E-state index contributed by atoms with van der Waals surface area (Å²) in [6.45, 7) is 2.33. The number of thiophene rings is 1. The van der Waals surface area contributed by atoms with Gasteiger partial charge in [0.15, 0.2) is 0 Å². The van der Waals surface area contributed by atoms with Crippen LogP contribution in [0.2, 0.25) is 0 Å². The van der Waals surface area contributed by atoms with Crippen molar-refractivity contribution < 1.29 is 4.79 Å². The molecule has 0 aliphatic heterocycles. The monoisotopic (exact) mass is 326 g/mol. The zero-order valence-corrected chi connectivity index (χ0v) is 14.1. The molecular weight excluding hydrogens is 308 g/mol. The second kappa shape index (κ2) is 6.34. The summed E-state index contributed by atoms with van der Waals surface area (Å²) in [7, 11) is 3.50. The summed E-state index contributed by atoms with van der Waals surface area (Å²) >= 11 is 1.59. The highest BCUT2D eigenvalue weighted by Crippen LogP contribution is 2.37. The Kier molecular flexibility index (Phi) is 4.25. The number of hydrogen-bond donors (Lipinski definition) is 1. The lowest BCUT2D eigenvalue weighted by molar-refractivity contribution is -0.119. The first kappa shape index (κ1) is 15.4. The zero-order chi connectivity index (χ0) is 16.4. The highest BCUT2D eigenvalue weighted by molar-refractivity contribution is 7.17. The molecule has 5 nitrogen and oxygen atoms in total. The third kappa shape index (κ3) is 3.03. The standard InChI is InChI=1S/C17H18N4OS/c1-11-4-6-12(7-5-11)13-9-23-17-15(13)16(19-10-20-17)21(3)8-14(22)18-2/h4-7,9-10H,8H2,1-3H3,(H,18,22). The average molecular weight is 326 g/mol. The minimum atomic E-state index is -0.0497. The molecule has 0 atom stereocenters.